The summed E-state index contributed by atoms with van der Waals surface area (Å²) in [5.74, 6) is -0.365. The predicted octanol–water partition coefficient (Wildman–Crippen LogP) is 5.31. The molecule has 0 spiro atoms. The number of carbonyl (C=O) groups is 2. The molecule has 2 amide bonds. The number of benzene rings is 3. The van der Waals surface area contributed by atoms with Gasteiger partial charge in [0.2, 0.25) is 11.8 Å². The number of nitrogens with zero attached hydrogens (tertiary/aromatic N) is 2. The van der Waals surface area contributed by atoms with Crippen molar-refractivity contribution in [3.63, 3.8) is 0 Å². The highest BCUT2D eigenvalue weighted by atomic mass is 79.9. The lowest BCUT2D eigenvalue weighted by Crippen LogP contribution is -2.51. The molecule has 0 fully saturated rings. The van der Waals surface area contributed by atoms with Crippen molar-refractivity contribution in [2.75, 3.05) is 6.54 Å². The molecule has 0 bridgehead atoms. The van der Waals surface area contributed by atoms with Gasteiger partial charge in [0.25, 0.3) is 5.69 Å². The van der Waals surface area contributed by atoms with Gasteiger partial charge in [0.15, 0.2) is 0 Å². The second kappa shape index (κ2) is 13.0. The average Bonchev–Trinajstić information content (AvgIpc) is 2.85. The molecule has 3 aromatic rings. The summed E-state index contributed by atoms with van der Waals surface area (Å²) in [5.41, 5.74) is 1.96. The zero-order valence-electron chi connectivity index (χ0n) is 20.4. The van der Waals surface area contributed by atoms with Crippen molar-refractivity contribution in [1.82, 2.24) is 10.2 Å². The molecule has 7 nitrogen and oxygen atoms in total. The van der Waals surface area contributed by atoms with Gasteiger partial charge in [-0.3, -0.25) is 19.7 Å². The van der Waals surface area contributed by atoms with Gasteiger partial charge in [-0.15, -0.1) is 0 Å². The van der Waals surface area contributed by atoms with Crippen LogP contribution in [-0.2, 0) is 29.0 Å². The van der Waals surface area contributed by atoms with Crippen LogP contribution < -0.4 is 5.32 Å². The minimum Gasteiger partial charge on any atom is -0.354 e. The van der Waals surface area contributed by atoms with Crippen molar-refractivity contribution < 1.29 is 14.5 Å². The van der Waals surface area contributed by atoms with Crippen LogP contribution in [0.4, 0.5) is 5.69 Å². The van der Waals surface area contributed by atoms with Crippen molar-refractivity contribution in [3.8, 4) is 0 Å². The maximum atomic E-state index is 13.8. The summed E-state index contributed by atoms with van der Waals surface area (Å²) in [5, 5.41) is 14.5. The van der Waals surface area contributed by atoms with Gasteiger partial charge in [-0.25, -0.2) is 0 Å². The largest absolute Gasteiger partial charge is 0.354 e. The van der Waals surface area contributed by atoms with E-state index in [0.717, 1.165) is 15.6 Å². The van der Waals surface area contributed by atoms with Crippen LogP contribution in [0.1, 0.15) is 30.5 Å². The van der Waals surface area contributed by atoms with Crippen molar-refractivity contribution in [3.05, 3.63) is 110 Å². The Kier molecular flexibility index (Phi) is 9.76. The normalized spacial score (nSPS) is 11.7. The zero-order chi connectivity index (χ0) is 26.1. The number of halogens is 1. The van der Waals surface area contributed by atoms with Gasteiger partial charge in [0.1, 0.15) is 6.04 Å². The van der Waals surface area contributed by atoms with Crippen molar-refractivity contribution >= 4 is 33.4 Å². The summed E-state index contributed by atoms with van der Waals surface area (Å²) in [4.78, 5) is 39.8. The summed E-state index contributed by atoms with van der Waals surface area (Å²) in [7, 11) is 0. The van der Waals surface area contributed by atoms with Crippen LogP contribution in [0.25, 0.3) is 0 Å². The number of nitro groups is 1. The molecular formula is C28H30BrN3O4. The molecule has 8 heteroatoms. The third-order valence-electron chi connectivity index (χ3n) is 5.73. The molecular weight excluding hydrogens is 522 g/mol. The summed E-state index contributed by atoms with van der Waals surface area (Å²) >= 11 is 3.47. The Labute approximate surface area is 219 Å². The standard InChI is InChI=1S/C28H30BrN3O4/c1-20(2)18-30-28(34)26(16-21-9-4-3-5-10-21)31(19-22-11-8-13-24(29)15-22)27(33)17-23-12-6-7-14-25(23)32(35)36/h3-15,20,26H,16-19H2,1-2H3,(H,30,34)/t26-/m1/s1. The molecule has 0 unspecified atom stereocenters. The van der Waals surface area contributed by atoms with E-state index in [1.54, 1.807) is 23.1 Å². The van der Waals surface area contributed by atoms with E-state index in [2.05, 4.69) is 21.2 Å². The van der Waals surface area contributed by atoms with Crippen molar-refractivity contribution in [1.29, 1.82) is 0 Å². The van der Waals surface area contributed by atoms with E-state index < -0.39 is 11.0 Å². The first-order valence-electron chi connectivity index (χ1n) is 11.8. The van der Waals surface area contributed by atoms with E-state index in [-0.39, 0.29) is 36.4 Å². The van der Waals surface area contributed by atoms with E-state index in [9.17, 15) is 19.7 Å². The van der Waals surface area contributed by atoms with Gasteiger partial charge >= 0.3 is 0 Å². The Morgan fingerprint density at radius 1 is 0.972 bits per heavy atom. The minimum atomic E-state index is -0.791. The third-order valence-corrected chi connectivity index (χ3v) is 6.22. The quantitative estimate of drug-likeness (QED) is 0.258. The molecule has 0 aliphatic heterocycles. The van der Waals surface area contributed by atoms with Crippen LogP contribution in [0, 0.1) is 16.0 Å². The Bertz CT molecular complexity index is 1200. The van der Waals surface area contributed by atoms with Gasteiger partial charge in [-0.2, -0.15) is 0 Å². The number of rotatable bonds is 11. The highest BCUT2D eigenvalue weighted by Gasteiger charge is 2.31. The van der Waals surface area contributed by atoms with E-state index in [1.165, 1.54) is 6.07 Å². The molecule has 0 aromatic heterocycles. The summed E-state index contributed by atoms with van der Waals surface area (Å²) in [6.45, 7) is 4.68. The van der Waals surface area contributed by atoms with E-state index in [4.69, 9.17) is 0 Å². The first-order chi connectivity index (χ1) is 17.2. The van der Waals surface area contributed by atoms with Gasteiger partial charge in [-0.1, -0.05) is 90.4 Å². The average molecular weight is 552 g/mol. The van der Waals surface area contributed by atoms with E-state index >= 15 is 0 Å². The van der Waals surface area contributed by atoms with Crippen LogP contribution >= 0.6 is 15.9 Å². The van der Waals surface area contributed by atoms with Gasteiger partial charge in [0, 0.05) is 35.6 Å². The summed E-state index contributed by atoms with van der Waals surface area (Å²) in [6, 6.07) is 22.5. The molecule has 3 aromatic carbocycles. The lowest BCUT2D eigenvalue weighted by molar-refractivity contribution is -0.385. The topological polar surface area (TPSA) is 92.6 Å². The van der Waals surface area contributed by atoms with Crippen molar-refractivity contribution in [2.24, 2.45) is 5.92 Å². The molecule has 0 saturated carbocycles. The first kappa shape index (κ1) is 27.1. The minimum absolute atomic E-state index is 0.114. The SMILES string of the molecule is CC(C)CNC(=O)[C@@H](Cc1ccccc1)N(Cc1cccc(Br)c1)C(=O)Cc1ccccc1[N+](=O)[O-]. The maximum Gasteiger partial charge on any atom is 0.273 e. The van der Waals surface area contributed by atoms with Gasteiger partial charge in [0.05, 0.1) is 11.3 Å². The van der Waals surface area contributed by atoms with Crippen LogP contribution in [-0.4, -0.2) is 34.2 Å². The monoisotopic (exact) mass is 551 g/mol. The Morgan fingerprint density at radius 3 is 2.31 bits per heavy atom. The van der Waals surface area contributed by atoms with Gasteiger partial charge in [-0.05, 0) is 29.2 Å². The first-order valence-corrected chi connectivity index (χ1v) is 12.6. The molecule has 0 radical (unpaired) electrons. The summed E-state index contributed by atoms with van der Waals surface area (Å²) in [6.07, 6.45) is 0.134. The molecule has 0 saturated heterocycles. The number of carbonyl (C=O) groups excluding carboxylic acids is 2. The smallest absolute Gasteiger partial charge is 0.273 e. The third kappa shape index (κ3) is 7.75. The fourth-order valence-electron chi connectivity index (χ4n) is 3.91. The molecule has 3 rings (SSSR count). The second-order valence-corrected chi connectivity index (χ2v) is 9.97. The Hall–Kier alpha value is -3.52. The fraction of sp³-hybridized carbons (Fsp3) is 0.286. The predicted molar refractivity (Wildman–Crippen MR) is 143 cm³/mol. The zero-order valence-corrected chi connectivity index (χ0v) is 22.0. The number of para-hydroxylation sites is 1. The van der Waals surface area contributed by atoms with E-state index in [0.29, 0.717) is 18.5 Å². The molecule has 1 atom stereocenters. The molecule has 1 N–H and O–H groups in total. The number of amides is 2. The van der Waals surface area contributed by atoms with Gasteiger partial charge < -0.3 is 10.2 Å². The second-order valence-electron chi connectivity index (χ2n) is 9.06. The maximum absolute atomic E-state index is 13.8. The number of nitro benzene ring substituents is 1. The van der Waals surface area contributed by atoms with Crippen LogP contribution in [0.2, 0.25) is 0 Å². The molecule has 0 aliphatic rings. The van der Waals surface area contributed by atoms with Crippen LogP contribution in [0.3, 0.4) is 0 Å². The molecule has 188 valence electrons. The number of hydrogen-bond acceptors (Lipinski definition) is 4. The van der Waals surface area contributed by atoms with Crippen LogP contribution in [0.5, 0.6) is 0 Å². The van der Waals surface area contributed by atoms with Crippen LogP contribution in [0.15, 0.2) is 83.3 Å². The van der Waals surface area contributed by atoms with E-state index in [1.807, 2.05) is 68.4 Å². The number of hydrogen-bond donors (Lipinski definition) is 1. The highest BCUT2D eigenvalue weighted by Crippen LogP contribution is 2.22. The molecule has 0 heterocycles. The number of nitrogens with one attached hydrogen (secondary N) is 1. The highest BCUT2D eigenvalue weighted by molar-refractivity contribution is 9.10. The fourth-order valence-corrected chi connectivity index (χ4v) is 4.36. The Morgan fingerprint density at radius 2 is 1.64 bits per heavy atom. The lowest BCUT2D eigenvalue weighted by atomic mass is 10.0. The van der Waals surface area contributed by atoms with Crippen molar-refractivity contribution in [2.45, 2.75) is 39.3 Å². The summed E-state index contributed by atoms with van der Waals surface area (Å²) < 4.78 is 0.856. The lowest BCUT2D eigenvalue weighted by Gasteiger charge is -2.32. The molecule has 0 aliphatic carbocycles. The molecule has 36 heavy (non-hydrogen) atoms. The Balaban J connectivity index is 2.00.